The van der Waals surface area contributed by atoms with E-state index in [-0.39, 0.29) is 0 Å². The Balaban J connectivity index is 2.06. The van der Waals surface area contributed by atoms with Gasteiger partial charge in [0.05, 0.1) is 0 Å². The van der Waals surface area contributed by atoms with Crippen LogP contribution >= 0.6 is 0 Å². The molecule has 0 aromatic heterocycles. The minimum Gasteiger partial charge on any atom is -0.369 e. The summed E-state index contributed by atoms with van der Waals surface area (Å²) in [6, 6.07) is 7.82. The highest BCUT2D eigenvalue weighted by Gasteiger charge is 2.22. The molecule has 2 heteroatoms. The third-order valence-corrected chi connectivity index (χ3v) is 4.65. The topological polar surface area (TPSA) is 15.3 Å². The second-order valence-corrected chi connectivity index (χ2v) is 6.42. The summed E-state index contributed by atoms with van der Waals surface area (Å²) >= 11 is 0. The van der Waals surface area contributed by atoms with Gasteiger partial charge in [0.2, 0.25) is 0 Å². The molecule has 1 aromatic carbocycles. The third kappa shape index (κ3) is 4.47. The Morgan fingerprint density at radius 1 is 1.19 bits per heavy atom. The first-order valence-corrected chi connectivity index (χ1v) is 8.83. The maximum Gasteiger partial charge on any atom is 0.0371 e. The van der Waals surface area contributed by atoms with Gasteiger partial charge in [-0.3, -0.25) is 0 Å². The van der Waals surface area contributed by atoms with E-state index in [4.69, 9.17) is 0 Å². The predicted octanol–water partition coefficient (Wildman–Crippen LogP) is 4.65. The number of hydrogen-bond donors (Lipinski definition) is 1. The van der Waals surface area contributed by atoms with Gasteiger partial charge in [-0.2, -0.15) is 0 Å². The van der Waals surface area contributed by atoms with Crippen molar-refractivity contribution in [3.63, 3.8) is 0 Å². The first-order chi connectivity index (χ1) is 10.3. The van der Waals surface area contributed by atoms with Gasteiger partial charge in [-0.1, -0.05) is 26.3 Å². The lowest BCUT2D eigenvalue weighted by atomic mass is 9.96. The van der Waals surface area contributed by atoms with Crippen LogP contribution in [0.1, 0.15) is 63.5 Å². The molecule has 0 bridgehead atoms. The molecule has 1 fully saturated rings. The van der Waals surface area contributed by atoms with Crippen LogP contribution in [0.3, 0.4) is 0 Å². The summed E-state index contributed by atoms with van der Waals surface area (Å²) in [4.78, 5) is 2.66. The van der Waals surface area contributed by atoms with Crippen molar-refractivity contribution in [2.45, 2.75) is 71.9 Å². The van der Waals surface area contributed by atoms with Crippen molar-refractivity contribution in [3.05, 3.63) is 29.3 Å². The summed E-state index contributed by atoms with van der Waals surface area (Å²) in [5, 5.41) is 3.51. The highest BCUT2D eigenvalue weighted by Crippen LogP contribution is 2.28. The number of nitrogens with zero attached hydrogens (tertiary/aromatic N) is 1. The average Bonchev–Trinajstić information content (AvgIpc) is 2.50. The molecule has 118 valence electrons. The molecule has 1 saturated heterocycles. The first kappa shape index (κ1) is 16.4. The molecule has 1 aliphatic heterocycles. The van der Waals surface area contributed by atoms with Crippen molar-refractivity contribution < 1.29 is 0 Å². The molecule has 1 aromatic rings. The van der Waals surface area contributed by atoms with Crippen LogP contribution in [0.4, 0.5) is 5.69 Å². The van der Waals surface area contributed by atoms with E-state index in [0.717, 1.165) is 19.1 Å². The van der Waals surface area contributed by atoms with Gasteiger partial charge in [0, 0.05) is 24.8 Å². The second-order valence-electron chi connectivity index (χ2n) is 6.42. The molecule has 0 saturated carbocycles. The number of nitrogens with one attached hydrogen (secondary N) is 1. The highest BCUT2D eigenvalue weighted by atomic mass is 15.2. The van der Waals surface area contributed by atoms with E-state index >= 15 is 0 Å². The fourth-order valence-electron chi connectivity index (χ4n) is 3.43. The molecule has 1 aliphatic rings. The van der Waals surface area contributed by atoms with Crippen molar-refractivity contribution in [1.82, 2.24) is 5.32 Å². The van der Waals surface area contributed by atoms with Gasteiger partial charge in [-0.05, 0) is 68.8 Å². The zero-order chi connectivity index (χ0) is 15.1. The van der Waals surface area contributed by atoms with E-state index in [1.54, 1.807) is 0 Å². The standard InChI is InChI=1S/C19H32N2/c1-4-8-18-9-6-7-13-21(18)19-11-10-17(16(3)14-19)15-20-12-5-2/h10-11,14,18,20H,4-9,12-13,15H2,1-3H3. The SMILES string of the molecule is CCCNCc1ccc(N2CCCCC2CCC)cc1C. The Kier molecular flexibility index (Phi) is 6.56. The smallest absolute Gasteiger partial charge is 0.0371 e. The van der Waals surface area contributed by atoms with Crippen LogP contribution in [0.15, 0.2) is 18.2 Å². The number of hydrogen-bond acceptors (Lipinski definition) is 2. The molecular weight excluding hydrogens is 256 g/mol. The summed E-state index contributed by atoms with van der Waals surface area (Å²) in [6.45, 7) is 10.1. The van der Waals surface area contributed by atoms with Gasteiger partial charge < -0.3 is 10.2 Å². The lowest BCUT2D eigenvalue weighted by molar-refractivity contribution is 0.434. The van der Waals surface area contributed by atoms with Crippen LogP contribution in [0, 0.1) is 6.92 Å². The molecule has 1 heterocycles. The van der Waals surface area contributed by atoms with Gasteiger partial charge in [-0.15, -0.1) is 0 Å². The zero-order valence-electron chi connectivity index (χ0n) is 14.1. The molecule has 0 aliphatic carbocycles. The van der Waals surface area contributed by atoms with E-state index in [1.807, 2.05) is 0 Å². The van der Waals surface area contributed by atoms with E-state index in [2.05, 4.69) is 49.2 Å². The molecule has 1 atom stereocenters. The van der Waals surface area contributed by atoms with Gasteiger partial charge >= 0.3 is 0 Å². The van der Waals surface area contributed by atoms with Crippen molar-refractivity contribution >= 4 is 5.69 Å². The fourth-order valence-corrected chi connectivity index (χ4v) is 3.43. The maximum absolute atomic E-state index is 3.51. The van der Waals surface area contributed by atoms with Gasteiger partial charge in [0.1, 0.15) is 0 Å². The number of anilines is 1. The van der Waals surface area contributed by atoms with E-state index < -0.39 is 0 Å². The van der Waals surface area contributed by atoms with Crippen LogP contribution in [0.25, 0.3) is 0 Å². The molecule has 0 spiro atoms. The number of rotatable bonds is 7. The Morgan fingerprint density at radius 3 is 2.76 bits per heavy atom. The van der Waals surface area contributed by atoms with Crippen LogP contribution < -0.4 is 10.2 Å². The fraction of sp³-hybridized carbons (Fsp3) is 0.684. The van der Waals surface area contributed by atoms with Crippen molar-refractivity contribution in [3.8, 4) is 0 Å². The molecule has 1 unspecified atom stereocenters. The minimum absolute atomic E-state index is 0.757. The number of aryl methyl sites for hydroxylation is 1. The Bertz CT molecular complexity index is 426. The minimum atomic E-state index is 0.757. The van der Waals surface area contributed by atoms with Gasteiger partial charge in [-0.25, -0.2) is 0 Å². The lowest BCUT2D eigenvalue weighted by Crippen LogP contribution is -2.39. The summed E-state index contributed by atoms with van der Waals surface area (Å²) in [5.74, 6) is 0. The van der Waals surface area contributed by atoms with E-state index in [9.17, 15) is 0 Å². The molecule has 1 N–H and O–H groups in total. The van der Waals surface area contributed by atoms with Crippen molar-refractivity contribution in [2.75, 3.05) is 18.0 Å². The molecule has 2 nitrogen and oxygen atoms in total. The summed E-state index contributed by atoms with van der Waals surface area (Å²) in [7, 11) is 0. The Hall–Kier alpha value is -1.02. The summed E-state index contributed by atoms with van der Waals surface area (Å²) in [5.41, 5.74) is 4.30. The molecular formula is C19H32N2. The number of piperidine rings is 1. The van der Waals surface area contributed by atoms with Gasteiger partial charge in [0.25, 0.3) is 0 Å². The van der Waals surface area contributed by atoms with Crippen molar-refractivity contribution in [1.29, 1.82) is 0 Å². The van der Waals surface area contributed by atoms with Crippen LogP contribution in [0.2, 0.25) is 0 Å². The summed E-state index contributed by atoms with van der Waals surface area (Å²) in [6.07, 6.45) is 7.94. The number of benzene rings is 1. The van der Waals surface area contributed by atoms with Crippen molar-refractivity contribution in [2.24, 2.45) is 0 Å². The monoisotopic (exact) mass is 288 g/mol. The molecule has 0 amide bonds. The maximum atomic E-state index is 3.51. The largest absolute Gasteiger partial charge is 0.369 e. The normalized spacial score (nSPS) is 19.0. The second kappa shape index (κ2) is 8.43. The van der Waals surface area contributed by atoms with Crippen LogP contribution in [0.5, 0.6) is 0 Å². The average molecular weight is 288 g/mol. The Morgan fingerprint density at radius 2 is 2.05 bits per heavy atom. The quantitative estimate of drug-likeness (QED) is 0.734. The highest BCUT2D eigenvalue weighted by molar-refractivity contribution is 5.52. The van der Waals surface area contributed by atoms with E-state index in [1.165, 1.54) is 61.9 Å². The Labute approximate surface area is 130 Å². The molecule has 0 radical (unpaired) electrons. The zero-order valence-corrected chi connectivity index (χ0v) is 14.1. The lowest BCUT2D eigenvalue weighted by Gasteiger charge is -2.38. The predicted molar refractivity (Wildman–Crippen MR) is 93.1 cm³/mol. The van der Waals surface area contributed by atoms with E-state index in [0.29, 0.717) is 0 Å². The third-order valence-electron chi connectivity index (χ3n) is 4.65. The van der Waals surface area contributed by atoms with Crippen LogP contribution in [-0.4, -0.2) is 19.1 Å². The molecule has 2 rings (SSSR count). The van der Waals surface area contributed by atoms with Gasteiger partial charge in [0.15, 0.2) is 0 Å². The molecule has 21 heavy (non-hydrogen) atoms. The first-order valence-electron chi connectivity index (χ1n) is 8.83. The summed E-state index contributed by atoms with van der Waals surface area (Å²) < 4.78 is 0. The van der Waals surface area contributed by atoms with Crippen LogP contribution in [-0.2, 0) is 6.54 Å².